The van der Waals surface area contributed by atoms with Gasteiger partial charge in [-0.05, 0) is 72.0 Å². The monoisotopic (exact) mass is 460 g/mol. The lowest BCUT2D eigenvalue weighted by Crippen LogP contribution is -2.38. The maximum absolute atomic E-state index is 13.8. The Kier molecular flexibility index (Phi) is 5.16. The SMILES string of the molecule is CC1(Cc2cncnc2)C(=O)N(c2ccccn2)c2ccc(-c3cccc(C(F)(F)F)c3)cc21. The molecule has 2 aromatic heterocycles. The topological polar surface area (TPSA) is 59.0 Å². The Morgan fingerprint density at radius 1 is 0.941 bits per heavy atom. The molecule has 5 nitrogen and oxygen atoms in total. The zero-order valence-electron chi connectivity index (χ0n) is 18.1. The van der Waals surface area contributed by atoms with E-state index >= 15 is 0 Å². The van der Waals surface area contributed by atoms with Crippen LogP contribution in [0.2, 0.25) is 0 Å². The van der Waals surface area contributed by atoms with Gasteiger partial charge in [-0.1, -0.05) is 24.3 Å². The van der Waals surface area contributed by atoms with Crippen LogP contribution in [0.25, 0.3) is 11.1 Å². The minimum atomic E-state index is -4.44. The summed E-state index contributed by atoms with van der Waals surface area (Å²) >= 11 is 0. The second-order valence-corrected chi connectivity index (χ2v) is 8.39. The van der Waals surface area contributed by atoms with Crippen molar-refractivity contribution in [2.75, 3.05) is 4.90 Å². The summed E-state index contributed by atoms with van der Waals surface area (Å²) in [7, 11) is 0. The molecule has 3 heterocycles. The van der Waals surface area contributed by atoms with Crippen molar-refractivity contribution in [2.45, 2.75) is 24.9 Å². The molecule has 1 aliphatic heterocycles. The Bertz CT molecular complexity index is 1360. The molecule has 8 heteroatoms. The van der Waals surface area contributed by atoms with E-state index in [-0.39, 0.29) is 5.91 Å². The molecule has 0 spiro atoms. The summed E-state index contributed by atoms with van der Waals surface area (Å²) in [6, 6.07) is 15.8. The Morgan fingerprint density at radius 2 is 1.71 bits per heavy atom. The molecule has 2 aromatic carbocycles. The van der Waals surface area contributed by atoms with E-state index in [2.05, 4.69) is 15.0 Å². The van der Waals surface area contributed by atoms with E-state index < -0.39 is 17.2 Å². The van der Waals surface area contributed by atoms with E-state index in [9.17, 15) is 18.0 Å². The number of hydrogen-bond donors (Lipinski definition) is 0. The maximum atomic E-state index is 13.8. The number of carbonyl (C=O) groups is 1. The standard InChI is InChI=1S/C26H19F3N4O/c1-25(13-17-14-30-16-31-15-17)21-12-19(18-5-4-6-20(11-18)26(27,28)29)8-9-22(21)33(24(25)34)23-7-2-3-10-32-23/h2-12,14-16H,13H2,1H3. The van der Waals surface area contributed by atoms with E-state index in [0.29, 0.717) is 34.6 Å². The summed E-state index contributed by atoms with van der Waals surface area (Å²) in [5, 5.41) is 0. The highest BCUT2D eigenvalue weighted by molar-refractivity contribution is 6.12. The predicted molar refractivity (Wildman–Crippen MR) is 121 cm³/mol. The Morgan fingerprint density at radius 3 is 2.41 bits per heavy atom. The van der Waals surface area contributed by atoms with Gasteiger partial charge in [0.25, 0.3) is 0 Å². The minimum absolute atomic E-state index is 0.175. The molecule has 0 bridgehead atoms. The minimum Gasteiger partial charge on any atom is -0.273 e. The highest BCUT2D eigenvalue weighted by Crippen LogP contribution is 2.48. The zero-order valence-corrected chi connectivity index (χ0v) is 18.1. The summed E-state index contributed by atoms with van der Waals surface area (Å²) in [5.74, 6) is 0.305. The normalized spacial score (nSPS) is 17.6. The van der Waals surface area contributed by atoms with E-state index in [1.165, 1.54) is 12.4 Å². The molecular weight excluding hydrogens is 441 g/mol. The number of alkyl halides is 3. The number of halogens is 3. The molecule has 0 radical (unpaired) electrons. The van der Waals surface area contributed by atoms with Crippen molar-refractivity contribution in [3.05, 3.63) is 102 Å². The Labute approximate surface area is 193 Å². The van der Waals surface area contributed by atoms with Crippen LogP contribution in [0.15, 0.2) is 85.6 Å². The van der Waals surface area contributed by atoms with Gasteiger partial charge in [-0.3, -0.25) is 9.69 Å². The molecule has 1 aliphatic rings. The van der Waals surface area contributed by atoms with Crippen molar-refractivity contribution in [3.8, 4) is 11.1 Å². The number of aromatic nitrogens is 3. The van der Waals surface area contributed by atoms with Crippen molar-refractivity contribution in [1.29, 1.82) is 0 Å². The van der Waals surface area contributed by atoms with E-state index in [1.54, 1.807) is 66.0 Å². The van der Waals surface area contributed by atoms with Crippen LogP contribution < -0.4 is 4.90 Å². The van der Waals surface area contributed by atoms with Gasteiger partial charge in [-0.15, -0.1) is 0 Å². The first-order valence-electron chi connectivity index (χ1n) is 10.6. The van der Waals surface area contributed by atoms with Crippen LogP contribution in [-0.2, 0) is 22.8 Å². The van der Waals surface area contributed by atoms with Crippen molar-refractivity contribution in [1.82, 2.24) is 15.0 Å². The lowest BCUT2D eigenvalue weighted by molar-refractivity contribution is -0.137. The molecule has 0 fully saturated rings. The smallest absolute Gasteiger partial charge is 0.273 e. The molecule has 5 rings (SSSR count). The lowest BCUT2D eigenvalue weighted by Gasteiger charge is -2.24. The number of pyridine rings is 1. The van der Waals surface area contributed by atoms with E-state index in [1.807, 2.05) is 6.92 Å². The second-order valence-electron chi connectivity index (χ2n) is 8.39. The number of hydrogen-bond acceptors (Lipinski definition) is 4. The lowest BCUT2D eigenvalue weighted by atomic mass is 9.78. The number of benzene rings is 2. The molecule has 1 atom stereocenters. The maximum Gasteiger partial charge on any atom is 0.416 e. The first kappa shape index (κ1) is 21.8. The molecular formula is C26H19F3N4O. The van der Waals surface area contributed by atoms with Crippen molar-refractivity contribution < 1.29 is 18.0 Å². The molecule has 0 saturated heterocycles. The molecule has 0 N–H and O–H groups in total. The van der Waals surface area contributed by atoms with Crippen molar-refractivity contribution in [3.63, 3.8) is 0 Å². The molecule has 34 heavy (non-hydrogen) atoms. The number of fused-ring (bicyclic) bond motifs is 1. The van der Waals surface area contributed by atoms with Crippen LogP contribution in [0.5, 0.6) is 0 Å². The molecule has 170 valence electrons. The number of amides is 1. The first-order chi connectivity index (χ1) is 16.3. The molecule has 0 aliphatic carbocycles. The fourth-order valence-electron chi connectivity index (χ4n) is 4.41. The van der Waals surface area contributed by atoms with Crippen LogP contribution in [-0.4, -0.2) is 20.9 Å². The van der Waals surface area contributed by atoms with Crippen molar-refractivity contribution >= 4 is 17.4 Å². The van der Waals surface area contributed by atoms with Gasteiger partial charge in [0.2, 0.25) is 5.91 Å². The van der Waals surface area contributed by atoms with E-state index in [4.69, 9.17) is 0 Å². The third kappa shape index (κ3) is 3.71. The number of carbonyl (C=O) groups excluding carboxylic acids is 1. The number of nitrogens with zero attached hydrogens (tertiary/aromatic N) is 4. The van der Waals surface area contributed by atoms with Gasteiger partial charge in [-0.25, -0.2) is 15.0 Å². The predicted octanol–water partition coefficient (Wildman–Crippen LogP) is 5.74. The fraction of sp³-hybridized carbons (Fsp3) is 0.154. The van der Waals surface area contributed by atoms with Gasteiger partial charge < -0.3 is 0 Å². The highest BCUT2D eigenvalue weighted by atomic mass is 19.4. The van der Waals surface area contributed by atoms with Gasteiger partial charge in [0.1, 0.15) is 12.1 Å². The number of rotatable bonds is 4. The number of anilines is 2. The Balaban J connectivity index is 1.66. The van der Waals surface area contributed by atoms with Crippen LogP contribution in [0.4, 0.5) is 24.7 Å². The van der Waals surface area contributed by atoms with Crippen LogP contribution in [0.3, 0.4) is 0 Å². The summed E-state index contributed by atoms with van der Waals surface area (Å²) in [6.07, 6.45) is 2.23. The average molecular weight is 460 g/mol. The van der Waals surface area contributed by atoms with Crippen LogP contribution in [0.1, 0.15) is 23.6 Å². The fourth-order valence-corrected chi connectivity index (χ4v) is 4.41. The quantitative estimate of drug-likeness (QED) is 0.390. The molecule has 1 amide bonds. The van der Waals surface area contributed by atoms with Gasteiger partial charge in [0, 0.05) is 18.6 Å². The first-order valence-corrected chi connectivity index (χ1v) is 10.6. The molecule has 0 saturated carbocycles. The third-order valence-electron chi connectivity index (χ3n) is 6.08. The summed E-state index contributed by atoms with van der Waals surface area (Å²) in [4.78, 5) is 27.9. The van der Waals surface area contributed by atoms with Crippen LogP contribution in [0, 0.1) is 0 Å². The zero-order chi connectivity index (χ0) is 23.9. The molecule has 1 unspecified atom stereocenters. The van der Waals surface area contributed by atoms with Gasteiger partial charge in [-0.2, -0.15) is 13.2 Å². The summed E-state index contributed by atoms with van der Waals surface area (Å²) in [5.41, 5.74) is 1.44. The average Bonchev–Trinajstić information content (AvgIpc) is 3.06. The molecule has 4 aromatic rings. The van der Waals surface area contributed by atoms with Gasteiger partial charge in [0.05, 0.1) is 16.7 Å². The summed E-state index contributed by atoms with van der Waals surface area (Å²) < 4.78 is 39.9. The van der Waals surface area contributed by atoms with E-state index in [0.717, 1.165) is 17.7 Å². The highest BCUT2D eigenvalue weighted by Gasteiger charge is 2.48. The Hall–Kier alpha value is -4.07. The third-order valence-corrected chi connectivity index (χ3v) is 6.08. The van der Waals surface area contributed by atoms with Crippen LogP contribution >= 0.6 is 0 Å². The van der Waals surface area contributed by atoms with Gasteiger partial charge >= 0.3 is 6.18 Å². The van der Waals surface area contributed by atoms with Gasteiger partial charge in [0.15, 0.2) is 0 Å². The largest absolute Gasteiger partial charge is 0.416 e. The second kappa shape index (κ2) is 8.06. The van der Waals surface area contributed by atoms with Crippen molar-refractivity contribution in [2.24, 2.45) is 0 Å². The summed E-state index contributed by atoms with van der Waals surface area (Å²) in [6.45, 7) is 1.83.